The molecule has 5 nitrogen and oxygen atoms in total. The molecule has 4 rings (SSSR count). The Morgan fingerprint density at radius 3 is 2.69 bits per heavy atom. The van der Waals surface area contributed by atoms with Crippen molar-refractivity contribution in [3.63, 3.8) is 0 Å². The number of aromatic nitrogens is 2. The third-order valence-corrected chi connectivity index (χ3v) is 4.12. The van der Waals surface area contributed by atoms with E-state index in [0.717, 1.165) is 16.5 Å². The molecule has 2 aromatic carbocycles. The van der Waals surface area contributed by atoms with E-state index in [0.29, 0.717) is 23.0 Å². The monoisotopic (exact) mass is 343 g/mol. The first-order valence-electron chi connectivity index (χ1n) is 8.35. The number of hydrogen-bond acceptors (Lipinski definition) is 4. The number of aryl methyl sites for hydroxylation is 1. The zero-order valence-corrected chi connectivity index (χ0v) is 14.3. The highest BCUT2D eigenvalue weighted by atomic mass is 16.4. The molecule has 1 amide bonds. The van der Waals surface area contributed by atoms with Gasteiger partial charge in [0.25, 0.3) is 0 Å². The Hall–Kier alpha value is -3.47. The van der Waals surface area contributed by atoms with Crippen molar-refractivity contribution in [1.82, 2.24) is 9.97 Å². The molecule has 4 aromatic rings. The molecule has 1 N–H and O–H groups in total. The molecule has 0 bridgehead atoms. The number of rotatable bonds is 4. The molecule has 0 fully saturated rings. The molecule has 0 spiro atoms. The van der Waals surface area contributed by atoms with Crippen molar-refractivity contribution in [2.75, 3.05) is 5.32 Å². The molecule has 0 aliphatic carbocycles. The van der Waals surface area contributed by atoms with Crippen LogP contribution in [0.4, 0.5) is 5.69 Å². The molecule has 0 radical (unpaired) electrons. The van der Waals surface area contributed by atoms with Gasteiger partial charge in [0.2, 0.25) is 11.8 Å². The van der Waals surface area contributed by atoms with Gasteiger partial charge in [-0.2, -0.15) is 0 Å². The lowest BCUT2D eigenvalue weighted by atomic mass is 10.2. The third kappa shape index (κ3) is 3.32. The second-order valence-corrected chi connectivity index (χ2v) is 6.03. The van der Waals surface area contributed by atoms with Gasteiger partial charge in [-0.25, -0.2) is 4.98 Å². The molecule has 0 aliphatic heterocycles. The van der Waals surface area contributed by atoms with Gasteiger partial charge < -0.3 is 9.73 Å². The highest BCUT2D eigenvalue weighted by molar-refractivity contribution is 5.94. The van der Waals surface area contributed by atoms with E-state index < -0.39 is 0 Å². The van der Waals surface area contributed by atoms with Crippen molar-refractivity contribution in [3.8, 4) is 11.5 Å². The summed E-state index contributed by atoms with van der Waals surface area (Å²) in [5, 5.41) is 3.86. The molecule has 0 aliphatic rings. The summed E-state index contributed by atoms with van der Waals surface area (Å²) in [7, 11) is 0. The molecule has 128 valence electrons. The van der Waals surface area contributed by atoms with E-state index in [-0.39, 0.29) is 12.3 Å². The molecule has 2 heterocycles. The number of benzene rings is 2. The summed E-state index contributed by atoms with van der Waals surface area (Å²) in [6, 6.07) is 19.3. The second kappa shape index (κ2) is 6.80. The van der Waals surface area contributed by atoms with Crippen LogP contribution in [0.1, 0.15) is 11.5 Å². The summed E-state index contributed by atoms with van der Waals surface area (Å²) < 4.78 is 5.71. The smallest absolute Gasteiger partial charge is 0.230 e. The van der Waals surface area contributed by atoms with Crippen LogP contribution >= 0.6 is 0 Å². The SMILES string of the molecule is Cc1oc(-c2ccccc2)nc1CC(=O)Nc1cnc2ccccc2c1. The predicted octanol–water partition coefficient (Wildman–Crippen LogP) is 4.38. The lowest BCUT2D eigenvalue weighted by Crippen LogP contribution is -2.15. The minimum Gasteiger partial charge on any atom is -0.441 e. The first-order chi connectivity index (χ1) is 12.7. The first-order valence-corrected chi connectivity index (χ1v) is 8.35. The number of hydrogen-bond donors (Lipinski definition) is 1. The molecule has 0 unspecified atom stereocenters. The van der Waals surface area contributed by atoms with Gasteiger partial charge in [0, 0.05) is 10.9 Å². The average Bonchev–Trinajstić information content (AvgIpc) is 3.03. The number of anilines is 1. The predicted molar refractivity (Wildman–Crippen MR) is 101 cm³/mol. The lowest BCUT2D eigenvalue weighted by molar-refractivity contribution is -0.115. The van der Waals surface area contributed by atoms with Crippen LogP contribution in [0.5, 0.6) is 0 Å². The number of oxazole rings is 1. The maximum atomic E-state index is 12.4. The minimum atomic E-state index is -0.155. The molecule has 26 heavy (non-hydrogen) atoms. The molecule has 5 heteroatoms. The summed E-state index contributed by atoms with van der Waals surface area (Å²) in [4.78, 5) is 21.2. The number of para-hydroxylation sites is 1. The summed E-state index contributed by atoms with van der Waals surface area (Å²) >= 11 is 0. The summed E-state index contributed by atoms with van der Waals surface area (Å²) in [5.74, 6) is 1.02. The zero-order valence-electron chi connectivity index (χ0n) is 14.3. The van der Waals surface area contributed by atoms with Crippen LogP contribution in [-0.4, -0.2) is 15.9 Å². The van der Waals surface area contributed by atoms with Gasteiger partial charge in [-0.1, -0.05) is 36.4 Å². The van der Waals surface area contributed by atoms with E-state index in [1.54, 1.807) is 6.20 Å². The fourth-order valence-electron chi connectivity index (χ4n) is 2.79. The number of nitrogens with zero attached hydrogens (tertiary/aromatic N) is 2. The fourth-order valence-corrected chi connectivity index (χ4v) is 2.79. The van der Waals surface area contributed by atoms with Gasteiger partial charge in [0.05, 0.1) is 29.5 Å². The van der Waals surface area contributed by atoms with Gasteiger partial charge in [0.15, 0.2) is 0 Å². The van der Waals surface area contributed by atoms with Crippen LogP contribution in [-0.2, 0) is 11.2 Å². The van der Waals surface area contributed by atoms with E-state index in [1.165, 1.54) is 0 Å². The van der Waals surface area contributed by atoms with Gasteiger partial charge in [0.1, 0.15) is 5.76 Å². The van der Waals surface area contributed by atoms with Gasteiger partial charge >= 0.3 is 0 Å². The second-order valence-electron chi connectivity index (χ2n) is 6.03. The standard InChI is InChI=1S/C21H17N3O2/c1-14-19(24-21(26-14)15-7-3-2-4-8-15)12-20(25)23-17-11-16-9-5-6-10-18(16)22-13-17/h2-11,13H,12H2,1H3,(H,23,25). The molecule has 2 aromatic heterocycles. The molecular formula is C21H17N3O2. The summed E-state index contributed by atoms with van der Waals surface area (Å²) in [6.45, 7) is 1.82. The molecule has 0 saturated carbocycles. The maximum absolute atomic E-state index is 12.4. The van der Waals surface area contributed by atoms with Crippen molar-refractivity contribution in [1.29, 1.82) is 0 Å². The third-order valence-electron chi connectivity index (χ3n) is 4.12. The van der Waals surface area contributed by atoms with E-state index in [1.807, 2.05) is 67.6 Å². The van der Waals surface area contributed by atoms with Crippen molar-refractivity contribution in [3.05, 3.63) is 78.3 Å². The Morgan fingerprint density at radius 2 is 1.85 bits per heavy atom. The Bertz CT molecular complexity index is 1070. The summed E-state index contributed by atoms with van der Waals surface area (Å²) in [5.41, 5.74) is 3.08. The Morgan fingerprint density at radius 1 is 1.08 bits per heavy atom. The molecule has 0 atom stereocenters. The lowest BCUT2D eigenvalue weighted by Gasteiger charge is -2.05. The number of carbonyl (C=O) groups excluding carboxylic acids is 1. The number of pyridine rings is 1. The van der Waals surface area contributed by atoms with Gasteiger partial charge in [-0.15, -0.1) is 0 Å². The van der Waals surface area contributed by atoms with Crippen LogP contribution in [0, 0.1) is 6.92 Å². The van der Waals surface area contributed by atoms with Crippen LogP contribution in [0.3, 0.4) is 0 Å². The van der Waals surface area contributed by atoms with Gasteiger partial charge in [-0.05, 0) is 31.2 Å². The maximum Gasteiger partial charge on any atom is 0.230 e. The average molecular weight is 343 g/mol. The Labute approximate surface area is 150 Å². The van der Waals surface area contributed by atoms with E-state index >= 15 is 0 Å². The van der Waals surface area contributed by atoms with Crippen molar-refractivity contribution >= 4 is 22.5 Å². The van der Waals surface area contributed by atoms with Crippen molar-refractivity contribution in [2.45, 2.75) is 13.3 Å². The van der Waals surface area contributed by atoms with E-state index in [4.69, 9.17) is 4.42 Å². The van der Waals surface area contributed by atoms with Crippen LogP contribution in [0.2, 0.25) is 0 Å². The topological polar surface area (TPSA) is 68.0 Å². The van der Waals surface area contributed by atoms with E-state index in [9.17, 15) is 4.79 Å². The first kappa shape index (κ1) is 16.0. The zero-order chi connectivity index (χ0) is 17.9. The molecule has 0 saturated heterocycles. The highest BCUT2D eigenvalue weighted by Crippen LogP contribution is 2.22. The Kier molecular flexibility index (Phi) is 4.19. The number of carbonyl (C=O) groups is 1. The quantitative estimate of drug-likeness (QED) is 0.597. The normalized spacial score (nSPS) is 10.8. The number of amides is 1. The van der Waals surface area contributed by atoms with Crippen LogP contribution in [0.25, 0.3) is 22.4 Å². The molecular weight excluding hydrogens is 326 g/mol. The number of nitrogens with one attached hydrogen (secondary N) is 1. The largest absolute Gasteiger partial charge is 0.441 e. The summed E-state index contributed by atoms with van der Waals surface area (Å²) in [6.07, 6.45) is 1.81. The Balaban J connectivity index is 1.50. The van der Waals surface area contributed by atoms with Crippen molar-refractivity contribution in [2.24, 2.45) is 0 Å². The van der Waals surface area contributed by atoms with Crippen LogP contribution < -0.4 is 5.32 Å². The highest BCUT2D eigenvalue weighted by Gasteiger charge is 2.15. The number of fused-ring (bicyclic) bond motifs is 1. The minimum absolute atomic E-state index is 0.148. The van der Waals surface area contributed by atoms with E-state index in [2.05, 4.69) is 15.3 Å². The van der Waals surface area contributed by atoms with Crippen molar-refractivity contribution < 1.29 is 9.21 Å². The fraction of sp³-hybridized carbons (Fsp3) is 0.0952. The van der Waals surface area contributed by atoms with Gasteiger partial charge in [-0.3, -0.25) is 9.78 Å². The van der Waals surface area contributed by atoms with Crippen LogP contribution in [0.15, 0.2) is 71.3 Å².